The summed E-state index contributed by atoms with van der Waals surface area (Å²) in [5.74, 6) is -0.148. The van der Waals surface area contributed by atoms with Crippen molar-refractivity contribution in [1.82, 2.24) is 19.9 Å². The summed E-state index contributed by atoms with van der Waals surface area (Å²) >= 11 is 0. The first-order chi connectivity index (χ1) is 14.7. The average molecular weight is 414 g/mol. The van der Waals surface area contributed by atoms with Gasteiger partial charge in [0.25, 0.3) is 5.95 Å². The lowest BCUT2D eigenvalue weighted by atomic mass is 10.1. The number of hydrogen-bond donors (Lipinski definition) is 2. The summed E-state index contributed by atoms with van der Waals surface area (Å²) in [6.07, 6.45) is 2.87. The predicted molar refractivity (Wildman–Crippen MR) is 111 cm³/mol. The lowest BCUT2D eigenvalue weighted by Gasteiger charge is -2.33. The Kier molecular flexibility index (Phi) is 4.90. The molecule has 4 heterocycles. The number of nitrogens with one attached hydrogen (secondary N) is 2. The molecule has 30 heavy (non-hydrogen) atoms. The third kappa shape index (κ3) is 3.23. The normalized spacial score (nSPS) is 18.6. The van der Waals surface area contributed by atoms with E-state index in [0.717, 1.165) is 55.9 Å². The molecule has 2 N–H and O–H groups in total. The van der Waals surface area contributed by atoms with Gasteiger partial charge in [-0.15, -0.1) is 5.10 Å². The van der Waals surface area contributed by atoms with E-state index in [1.54, 1.807) is 0 Å². The van der Waals surface area contributed by atoms with Crippen LogP contribution >= 0.6 is 0 Å². The van der Waals surface area contributed by atoms with Gasteiger partial charge in [-0.25, -0.2) is 4.98 Å². The number of benzene rings is 1. The van der Waals surface area contributed by atoms with Gasteiger partial charge in [-0.3, -0.25) is 0 Å². The molecule has 0 radical (unpaired) electrons. The molecule has 5 rings (SSSR count). The Balaban J connectivity index is 1.57. The smallest absolute Gasteiger partial charge is 0.271 e. The molecule has 0 amide bonds. The van der Waals surface area contributed by atoms with E-state index in [1.165, 1.54) is 4.52 Å². The van der Waals surface area contributed by atoms with E-state index in [1.807, 2.05) is 31.2 Å². The van der Waals surface area contributed by atoms with E-state index in [4.69, 9.17) is 4.74 Å². The minimum Gasteiger partial charge on any atom is -0.494 e. The first-order valence-corrected chi connectivity index (χ1v) is 10.4. The summed E-state index contributed by atoms with van der Waals surface area (Å²) in [5.41, 5.74) is 1.60. The topological polar surface area (TPSA) is 66.7 Å². The maximum absolute atomic E-state index is 14.5. The second kappa shape index (κ2) is 7.71. The molecule has 7 nitrogen and oxygen atoms in total. The number of nitrogens with zero attached hydrogens (tertiary/aromatic N) is 4. The predicted octanol–water partition coefficient (Wildman–Crippen LogP) is 3.26. The second-order valence-electron chi connectivity index (χ2n) is 7.63. The molecule has 2 aromatic heterocycles. The van der Waals surface area contributed by atoms with Crippen molar-refractivity contribution in [3.05, 3.63) is 41.6 Å². The van der Waals surface area contributed by atoms with Crippen molar-refractivity contribution >= 4 is 23.0 Å². The molecule has 0 bridgehead atoms. The zero-order valence-electron chi connectivity index (χ0n) is 16.8. The van der Waals surface area contributed by atoms with Crippen molar-refractivity contribution in [3.8, 4) is 5.75 Å². The van der Waals surface area contributed by atoms with Crippen LogP contribution in [-0.4, -0.2) is 46.9 Å². The number of piperidine rings is 1. The first kappa shape index (κ1) is 19.0. The fourth-order valence-corrected chi connectivity index (χ4v) is 4.35. The third-order valence-corrected chi connectivity index (χ3v) is 5.76. The molecule has 0 saturated carbocycles. The molecular formula is C21H24F2N6O. The fraction of sp³-hybridized carbons (Fsp3) is 0.429. The average Bonchev–Trinajstić information content (AvgIpc) is 3.32. The summed E-state index contributed by atoms with van der Waals surface area (Å²) in [5, 5.41) is 10.5. The number of halogens is 2. The summed E-state index contributed by atoms with van der Waals surface area (Å²) < 4.78 is 35.2. The van der Waals surface area contributed by atoms with Crippen molar-refractivity contribution in [2.75, 3.05) is 36.5 Å². The number of anilines is 3. The fourth-order valence-electron chi connectivity index (χ4n) is 4.35. The van der Waals surface area contributed by atoms with Gasteiger partial charge >= 0.3 is 0 Å². The van der Waals surface area contributed by atoms with Gasteiger partial charge in [0.15, 0.2) is 5.65 Å². The van der Waals surface area contributed by atoms with Crippen LogP contribution in [0.2, 0.25) is 0 Å². The van der Waals surface area contributed by atoms with Crippen molar-refractivity contribution in [2.45, 2.75) is 32.2 Å². The van der Waals surface area contributed by atoms with E-state index in [0.29, 0.717) is 24.3 Å². The molecule has 9 heteroatoms. The standard InChI is InChI=1S/C21H24F2N6O/c1-2-30-15-7-5-13(6-8-15)25-20-16-9-11-28(14-4-3-10-24-12-14)19(16)26-21-17(22)18(23)27-29(20)21/h5-8,14,24-25H,2-4,9-12H2,1H3/t14-/m0/s1. The Morgan fingerprint density at radius 3 is 2.83 bits per heavy atom. The van der Waals surface area contributed by atoms with Gasteiger partial charge in [-0.05, 0) is 57.0 Å². The first-order valence-electron chi connectivity index (χ1n) is 10.4. The minimum absolute atomic E-state index is 0.102. The minimum atomic E-state index is -1.15. The maximum Gasteiger partial charge on any atom is 0.271 e. The van der Waals surface area contributed by atoms with Crippen LogP contribution in [0, 0.1) is 11.8 Å². The van der Waals surface area contributed by atoms with Gasteiger partial charge in [0.05, 0.1) is 6.61 Å². The quantitative estimate of drug-likeness (QED) is 0.668. The lowest BCUT2D eigenvalue weighted by molar-refractivity contribution is 0.340. The monoisotopic (exact) mass is 414 g/mol. The molecular weight excluding hydrogens is 390 g/mol. The third-order valence-electron chi connectivity index (χ3n) is 5.76. The molecule has 1 aromatic carbocycles. The highest BCUT2D eigenvalue weighted by molar-refractivity contribution is 5.72. The summed E-state index contributed by atoms with van der Waals surface area (Å²) in [6, 6.07) is 7.75. The number of ether oxygens (including phenoxy) is 1. The van der Waals surface area contributed by atoms with Crippen molar-refractivity contribution in [3.63, 3.8) is 0 Å². The van der Waals surface area contributed by atoms with E-state index in [2.05, 4.69) is 25.6 Å². The number of aromatic nitrogens is 3. The zero-order chi connectivity index (χ0) is 20.7. The summed E-state index contributed by atoms with van der Waals surface area (Å²) in [4.78, 5) is 6.71. The molecule has 1 atom stereocenters. The molecule has 2 aliphatic rings. The van der Waals surface area contributed by atoms with E-state index in [9.17, 15) is 8.78 Å². The van der Waals surface area contributed by atoms with E-state index >= 15 is 0 Å². The Morgan fingerprint density at radius 2 is 2.10 bits per heavy atom. The van der Waals surface area contributed by atoms with Gasteiger partial charge in [-0.2, -0.15) is 13.3 Å². The molecule has 158 valence electrons. The molecule has 0 unspecified atom stereocenters. The lowest BCUT2D eigenvalue weighted by Crippen LogP contribution is -2.45. The van der Waals surface area contributed by atoms with Crippen LogP contribution < -0.4 is 20.3 Å². The van der Waals surface area contributed by atoms with Crippen LogP contribution in [0.1, 0.15) is 25.3 Å². The molecule has 0 aliphatic carbocycles. The van der Waals surface area contributed by atoms with Crippen LogP contribution in [-0.2, 0) is 6.42 Å². The van der Waals surface area contributed by atoms with Gasteiger partial charge in [0.2, 0.25) is 5.82 Å². The van der Waals surface area contributed by atoms with Crippen molar-refractivity contribution in [1.29, 1.82) is 0 Å². The Hall–Kier alpha value is -2.94. The maximum atomic E-state index is 14.5. The number of rotatable bonds is 5. The van der Waals surface area contributed by atoms with Gasteiger partial charge < -0.3 is 20.3 Å². The van der Waals surface area contributed by atoms with Crippen LogP contribution in [0.3, 0.4) is 0 Å². The highest BCUT2D eigenvalue weighted by Gasteiger charge is 2.33. The van der Waals surface area contributed by atoms with Crippen LogP contribution in [0.25, 0.3) is 5.65 Å². The molecule has 2 aliphatic heterocycles. The number of fused-ring (bicyclic) bond motifs is 2. The molecule has 1 fully saturated rings. The van der Waals surface area contributed by atoms with Crippen LogP contribution in [0.15, 0.2) is 24.3 Å². The van der Waals surface area contributed by atoms with Crippen LogP contribution in [0.4, 0.5) is 26.1 Å². The molecule has 3 aromatic rings. The van der Waals surface area contributed by atoms with Gasteiger partial charge in [0, 0.05) is 30.4 Å². The van der Waals surface area contributed by atoms with Crippen LogP contribution in [0.5, 0.6) is 5.75 Å². The zero-order valence-corrected chi connectivity index (χ0v) is 16.8. The SMILES string of the molecule is CCOc1ccc(Nc2c3c(nc4c(F)c(F)nn24)N([C@H]2CCCNC2)CC3)cc1. The summed E-state index contributed by atoms with van der Waals surface area (Å²) in [7, 11) is 0. The summed E-state index contributed by atoms with van der Waals surface area (Å²) in [6.45, 7) is 5.19. The Morgan fingerprint density at radius 1 is 1.27 bits per heavy atom. The largest absolute Gasteiger partial charge is 0.494 e. The van der Waals surface area contributed by atoms with Crippen molar-refractivity contribution < 1.29 is 13.5 Å². The Labute approximate surface area is 173 Å². The highest BCUT2D eigenvalue weighted by Crippen LogP contribution is 2.37. The number of hydrogen-bond acceptors (Lipinski definition) is 6. The Bertz CT molecular complexity index is 1060. The molecule has 0 spiro atoms. The van der Waals surface area contributed by atoms with Crippen molar-refractivity contribution in [2.24, 2.45) is 0 Å². The highest BCUT2D eigenvalue weighted by atomic mass is 19.2. The molecule has 1 saturated heterocycles. The second-order valence-corrected chi connectivity index (χ2v) is 7.63. The van der Waals surface area contributed by atoms with E-state index < -0.39 is 11.8 Å². The van der Waals surface area contributed by atoms with Gasteiger partial charge in [-0.1, -0.05) is 0 Å². The van der Waals surface area contributed by atoms with E-state index in [-0.39, 0.29) is 5.65 Å². The van der Waals surface area contributed by atoms with Gasteiger partial charge in [0.1, 0.15) is 17.4 Å².